The second-order valence-corrected chi connectivity index (χ2v) is 6.53. The van der Waals surface area contributed by atoms with Crippen LogP contribution in [0.3, 0.4) is 0 Å². The van der Waals surface area contributed by atoms with Gasteiger partial charge in [-0.3, -0.25) is 0 Å². The highest BCUT2D eigenvalue weighted by atomic mass is 127. The van der Waals surface area contributed by atoms with Gasteiger partial charge in [-0.15, -0.1) is 11.8 Å². The Labute approximate surface area is 145 Å². The lowest BCUT2D eigenvalue weighted by atomic mass is 10.1. The lowest BCUT2D eigenvalue weighted by Gasteiger charge is -2.13. The molecule has 0 saturated carbocycles. The van der Waals surface area contributed by atoms with E-state index in [4.69, 9.17) is 0 Å². The Morgan fingerprint density at radius 2 is 2.09 bits per heavy atom. The monoisotopic (exact) mass is 438 g/mol. The van der Waals surface area contributed by atoms with Gasteiger partial charge in [0.25, 0.3) is 0 Å². The van der Waals surface area contributed by atoms with Gasteiger partial charge in [-0.25, -0.2) is 4.98 Å². The number of halogens is 4. The average Bonchev–Trinajstić information content (AvgIpc) is 2.80. The Bertz CT molecular complexity index is 693. The molecule has 2 nitrogen and oxygen atoms in total. The third-order valence-electron chi connectivity index (χ3n) is 3.11. The van der Waals surface area contributed by atoms with Crippen molar-refractivity contribution in [1.82, 2.24) is 9.55 Å². The molecule has 22 heavy (non-hydrogen) atoms. The highest BCUT2D eigenvalue weighted by molar-refractivity contribution is 14.1. The van der Waals surface area contributed by atoms with Crippen LogP contribution in [0.15, 0.2) is 33.4 Å². The Balaban J connectivity index is 2.55. The average molecular weight is 438 g/mol. The van der Waals surface area contributed by atoms with Crippen molar-refractivity contribution in [2.24, 2.45) is 7.05 Å². The van der Waals surface area contributed by atoms with Crippen LogP contribution in [-0.4, -0.2) is 15.3 Å². The summed E-state index contributed by atoms with van der Waals surface area (Å²) in [5.74, 6) is 1.35. The topological polar surface area (TPSA) is 17.8 Å². The maximum absolute atomic E-state index is 12.9. The predicted octanol–water partition coefficient (Wildman–Crippen LogP) is 5.62. The first-order valence-electron chi connectivity index (χ1n) is 6.51. The van der Waals surface area contributed by atoms with Crippen molar-refractivity contribution in [2.75, 3.05) is 5.75 Å². The SMILES string of the molecule is CCSc1cc(C(F)(F)F)ccc1-c1ncc(C=CI)n1C. The largest absolute Gasteiger partial charge is 0.416 e. The molecule has 0 aliphatic rings. The van der Waals surface area contributed by atoms with E-state index in [0.29, 0.717) is 16.5 Å². The summed E-state index contributed by atoms with van der Waals surface area (Å²) < 4.78 is 42.4. The molecule has 0 radical (unpaired) electrons. The molecule has 2 rings (SSSR count). The van der Waals surface area contributed by atoms with Crippen molar-refractivity contribution in [3.63, 3.8) is 0 Å². The molecule has 0 aliphatic carbocycles. The zero-order valence-electron chi connectivity index (χ0n) is 12.0. The van der Waals surface area contributed by atoms with Crippen LogP contribution >= 0.6 is 34.4 Å². The van der Waals surface area contributed by atoms with Gasteiger partial charge < -0.3 is 4.57 Å². The summed E-state index contributed by atoms with van der Waals surface area (Å²) in [6.45, 7) is 1.91. The second kappa shape index (κ2) is 7.08. The smallest absolute Gasteiger partial charge is 0.328 e. The van der Waals surface area contributed by atoms with Gasteiger partial charge in [-0.2, -0.15) is 13.2 Å². The Morgan fingerprint density at radius 1 is 1.36 bits per heavy atom. The zero-order chi connectivity index (χ0) is 16.3. The van der Waals surface area contributed by atoms with Crippen molar-refractivity contribution in [3.8, 4) is 11.4 Å². The molecule has 1 aromatic carbocycles. The van der Waals surface area contributed by atoms with Gasteiger partial charge in [0, 0.05) is 17.5 Å². The molecule has 0 aliphatic heterocycles. The van der Waals surface area contributed by atoms with Crippen molar-refractivity contribution in [1.29, 1.82) is 0 Å². The van der Waals surface area contributed by atoms with Crippen LogP contribution in [0.1, 0.15) is 18.2 Å². The van der Waals surface area contributed by atoms with Gasteiger partial charge >= 0.3 is 6.18 Å². The van der Waals surface area contributed by atoms with Gasteiger partial charge in [-0.1, -0.05) is 29.5 Å². The van der Waals surface area contributed by atoms with Gasteiger partial charge in [0.2, 0.25) is 0 Å². The predicted molar refractivity (Wildman–Crippen MR) is 93.1 cm³/mol. The maximum atomic E-state index is 12.9. The standard InChI is InChI=1S/C15H14F3IN2S/c1-3-22-13-8-10(15(16,17)18)4-5-12(13)14-20-9-11(6-7-19)21(14)2/h4-9H,3H2,1-2H3. The first kappa shape index (κ1) is 17.4. The Kier molecular flexibility index (Phi) is 5.60. The van der Waals surface area contributed by atoms with Crippen molar-refractivity contribution in [2.45, 2.75) is 18.0 Å². The van der Waals surface area contributed by atoms with Gasteiger partial charge in [0.05, 0.1) is 17.5 Å². The van der Waals surface area contributed by atoms with Crippen molar-refractivity contribution in [3.05, 3.63) is 39.7 Å². The number of thioether (sulfide) groups is 1. The molecule has 0 spiro atoms. The Morgan fingerprint density at radius 3 is 2.68 bits per heavy atom. The molecule has 1 heterocycles. The van der Waals surface area contributed by atoms with E-state index in [-0.39, 0.29) is 0 Å². The zero-order valence-corrected chi connectivity index (χ0v) is 15.0. The van der Waals surface area contributed by atoms with E-state index in [1.807, 2.05) is 28.7 Å². The minimum absolute atomic E-state index is 0.594. The van der Waals surface area contributed by atoms with Gasteiger partial charge in [0.1, 0.15) is 5.82 Å². The highest BCUT2D eigenvalue weighted by Gasteiger charge is 2.31. The fraction of sp³-hybridized carbons (Fsp3) is 0.267. The van der Waals surface area contributed by atoms with Crippen LogP contribution in [0.5, 0.6) is 0 Å². The van der Waals surface area contributed by atoms with Crippen LogP contribution < -0.4 is 0 Å². The molecule has 1 aromatic heterocycles. The fourth-order valence-corrected chi connectivity index (χ4v) is 3.26. The minimum Gasteiger partial charge on any atom is -0.328 e. The van der Waals surface area contributed by atoms with E-state index in [1.165, 1.54) is 23.9 Å². The van der Waals surface area contributed by atoms with Crippen LogP contribution in [0.4, 0.5) is 13.2 Å². The summed E-state index contributed by atoms with van der Waals surface area (Å²) in [6, 6.07) is 3.81. The number of rotatable bonds is 4. The van der Waals surface area contributed by atoms with E-state index < -0.39 is 11.7 Å². The maximum Gasteiger partial charge on any atom is 0.416 e. The first-order chi connectivity index (χ1) is 10.4. The molecule has 7 heteroatoms. The van der Waals surface area contributed by atoms with E-state index in [9.17, 15) is 13.2 Å². The highest BCUT2D eigenvalue weighted by Crippen LogP contribution is 2.37. The molecular formula is C15H14F3IN2S. The number of aromatic nitrogens is 2. The molecule has 0 atom stereocenters. The van der Waals surface area contributed by atoms with Crippen LogP contribution in [-0.2, 0) is 13.2 Å². The molecule has 0 fully saturated rings. The van der Waals surface area contributed by atoms with E-state index in [0.717, 1.165) is 17.3 Å². The number of nitrogens with zero attached hydrogens (tertiary/aromatic N) is 2. The van der Waals surface area contributed by atoms with E-state index in [1.54, 1.807) is 6.20 Å². The van der Waals surface area contributed by atoms with Crippen molar-refractivity contribution < 1.29 is 13.2 Å². The molecule has 118 valence electrons. The lowest BCUT2D eigenvalue weighted by molar-refractivity contribution is -0.137. The second-order valence-electron chi connectivity index (χ2n) is 4.50. The molecule has 0 amide bonds. The number of imidazole rings is 1. The number of hydrogen-bond donors (Lipinski definition) is 0. The molecule has 0 unspecified atom stereocenters. The lowest BCUT2D eigenvalue weighted by Crippen LogP contribution is -2.05. The third kappa shape index (κ3) is 3.68. The van der Waals surface area contributed by atoms with Crippen LogP contribution in [0.25, 0.3) is 17.5 Å². The van der Waals surface area contributed by atoms with Crippen LogP contribution in [0.2, 0.25) is 0 Å². The number of alkyl halides is 3. The van der Waals surface area contributed by atoms with Gasteiger partial charge in [0.15, 0.2) is 0 Å². The summed E-state index contributed by atoms with van der Waals surface area (Å²) >= 11 is 3.50. The summed E-state index contributed by atoms with van der Waals surface area (Å²) in [5, 5.41) is 0. The normalized spacial score (nSPS) is 12.3. The minimum atomic E-state index is -4.33. The number of hydrogen-bond acceptors (Lipinski definition) is 2. The summed E-state index contributed by atoms with van der Waals surface area (Å²) in [5.41, 5.74) is 0.987. The quantitative estimate of drug-likeness (QED) is 0.456. The summed E-state index contributed by atoms with van der Waals surface area (Å²) in [4.78, 5) is 4.95. The van der Waals surface area contributed by atoms with E-state index in [2.05, 4.69) is 27.6 Å². The third-order valence-corrected chi connectivity index (χ3v) is 4.40. The molecular weight excluding hydrogens is 424 g/mol. The molecule has 0 bridgehead atoms. The van der Waals surface area contributed by atoms with Crippen LogP contribution in [0, 0.1) is 0 Å². The molecule has 0 saturated heterocycles. The summed E-state index contributed by atoms with van der Waals surface area (Å²) in [6.07, 6.45) is -0.728. The van der Waals surface area contributed by atoms with Crippen molar-refractivity contribution >= 4 is 40.4 Å². The molecule has 2 aromatic rings. The molecule has 0 N–H and O–H groups in total. The fourth-order valence-electron chi connectivity index (χ4n) is 2.05. The Hall–Kier alpha value is -0.960. The number of benzene rings is 1. The van der Waals surface area contributed by atoms with E-state index >= 15 is 0 Å². The first-order valence-corrected chi connectivity index (χ1v) is 8.74. The summed E-state index contributed by atoms with van der Waals surface area (Å²) in [7, 11) is 1.85. The van der Waals surface area contributed by atoms with Gasteiger partial charge in [-0.05, 0) is 34.1 Å².